The molecule has 0 spiro atoms. The molecule has 0 amide bonds. The number of benzene rings is 1. The lowest BCUT2D eigenvalue weighted by Gasteiger charge is -2.09. The number of aromatic nitrogens is 2. The van der Waals surface area contributed by atoms with Gasteiger partial charge >= 0.3 is 6.36 Å². The van der Waals surface area contributed by atoms with Gasteiger partial charge in [-0.2, -0.15) is 0 Å². The minimum atomic E-state index is -4.69. The van der Waals surface area contributed by atoms with Gasteiger partial charge in [-0.1, -0.05) is 6.92 Å². The molecule has 0 saturated carbocycles. The first kappa shape index (κ1) is 14.2. The van der Waals surface area contributed by atoms with Crippen LogP contribution in [0, 0.1) is 0 Å². The molecule has 0 aliphatic heterocycles. The van der Waals surface area contributed by atoms with E-state index in [2.05, 4.69) is 9.72 Å². The lowest BCUT2D eigenvalue weighted by Crippen LogP contribution is -2.16. The number of nitrogen functional groups attached to an aromatic ring is 1. The van der Waals surface area contributed by atoms with Crippen LogP contribution in [0.25, 0.3) is 11.3 Å². The number of rotatable bonds is 3. The molecule has 1 aromatic carbocycles. The van der Waals surface area contributed by atoms with Crippen LogP contribution in [0.1, 0.15) is 12.7 Å². The van der Waals surface area contributed by atoms with Crippen LogP contribution in [-0.4, -0.2) is 15.9 Å². The van der Waals surface area contributed by atoms with Gasteiger partial charge < -0.3 is 15.0 Å². The van der Waals surface area contributed by atoms with Crippen LogP contribution in [0.15, 0.2) is 24.3 Å². The van der Waals surface area contributed by atoms with Crippen molar-refractivity contribution < 1.29 is 17.9 Å². The number of halogens is 3. The van der Waals surface area contributed by atoms with Gasteiger partial charge in [-0.3, -0.25) is 0 Å². The number of hydrogen-bond acceptors (Lipinski definition) is 3. The highest BCUT2D eigenvalue weighted by molar-refractivity contribution is 5.71. The Kier molecular flexibility index (Phi) is 3.61. The summed E-state index contributed by atoms with van der Waals surface area (Å²) < 4.78 is 41.8. The predicted octanol–water partition coefficient (Wildman–Crippen LogP) is 3.13. The van der Waals surface area contributed by atoms with Crippen molar-refractivity contribution in [2.45, 2.75) is 19.7 Å². The first-order chi connectivity index (χ1) is 9.31. The SMILES string of the molecule is CCc1nc(-c2ccc(OC(F)(F)F)cc2)c(N)n1C. The second-order valence-corrected chi connectivity index (χ2v) is 4.25. The average molecular weight is 285 g/mol. The van der Waals surface area contributed by atoms with Crippen LogP contribution in [0.4, 0.5) is 19.0 Å². The number of imidazole rings is 1. The smallest absolute Gasteiger partial charge is 0.406 e. The second-order valence-electron chi connectivity index (χ2n) is 4.25. The first-order valence-corrected chi connectivity index (χ1v) is 5.99. The van der Waals surface area contributed by atoms with Crippen LogP contribution in [0.3, 0.4) is 0 Å². The van der Waals surface area contributed by atoms with E-state index in [9.17, 15) is 13.2 Å². The summed E-state index contributed by atoms with van der Waals surface area (Å²) in [7, 11) is 1.80. The van der Waals surface area contributed by atoms with Gasteiger partial charge in [0.2, 0.25) is 0 Å². The van der Waals surface area contributed by atoms with E-state index in [1.165, 1.54) is 24.3 Å². The van der Waals surface area contributed by atoms with Crippen LogP contribution < -0.4 is 10.5 Å². The van der Waals surface area contributed by atoms with E-state index in [0.717, 1.165) is 12.2 Å². The van der Waals surface area contributed by atoms with E-state index >= 15 is 0 Å². The summed E-state index contributed by atoms with van der Waals surface area (Å²) in [5.74, 6) is 1.02. The number of aryl methyl sites for hydroxylation is 1. The van der Waals surface area contributed by atoms with E-state index in [1.54, 1.807) is 11.6 Å². The Morgan fingerprint density at radius 1 is 1.25 bits per heavy atom. The van der Waals surface area contributed by atoms with E-state index < -0.39 is 6.36 Å². The van der Waals surface area contributed by atoms with Crippen molar-refractivity contribution >= 4 is 5.82 Å². The lowest BCUT2D eigenvalue weighted by atomic mass is 10.1. The molecule has 1 aromatic heterocycles. The summed E-state index contributed by atoms with van der Waals surface area (Å²) in [5, 5.41) is 0. The fourth-order valence-corrected chi connectivity index (χ4v) is 1.90. The van der Waals surface area contributed by atoms with Crippen LogP contribution >= 0.6 is 0 Å². The zero-order valence-corrected chi connectivity index (χ0v) is 11.0. The third-order valence-corrected chi connectivity index (χ3v) is 2.91. The summed E-state index contributed by atoms with van der Waals surface area (Å²) in [5.41, 5.74) is 7.14. The van der Waals surface area contributed by atoms with Crippen LogP contribution in [0.2, 0.25) is 0 Å². The Bertz CT molecular complexity index is 603. The monoisotopic (exact) mass is 285 g/mol. The normalized spacial score (nSPS) is 11.7. The molecule has 0 unspecified atom stereocenters. The standard InChI is InChI=1S/C13H14F3N3O/c1-3-10-18-11(12(17)19(10)2)8-4-6-9(7-5-8)20-13(14,15)16/h4-7H,3,17H2,1-2H3. The first-order valence-electron chi connectivity index (χ1n) is 5.99. The molecule has 1 heterocycles. The fraction of sp³-hybridized carbons (Fsp3) is 0.308. The molecule has 0 fully saturated rings. The number of nitrogens with two attached hydrogens (primary N) is 1. The Hall–Kier alpha value is -2.18. The van der Waals surface area contributed by atoms with E-state index in [0.29, 0.717) is 17.1 Å². The van der Waals surface area contributed by atoms with Gasteiger partial charge in [0.05, 0.1) is 0 Å². The van der Waals surface area contributed by atoms with Crippen molar-refractivity contribution in [1.29, 1.82) is 0 Å². The van der Waals surface area contributed by atoms with Crippen molar-refractivity contribution in [2.75, 3.05) is 5.73 Å². The average Bonchev–Trinajstić information content (AvgIpc) is 2.65. The third kappa shape index (κ3) is 2.87. The van der Waals surface area contributed by atoms with Gasteiger partial charge in [-0.25, -0.2) is 4.98 Å². The van der Waals surface area contributed by atoms with Gasteiger partial charge in [0.1, 0.15) is 23.1 Å². The van der Waals surface area contributed by atoms with Crippen molar-refractivity contribution in [3.63, 3.8) is 0 Å². The topological polar surface area (TPSA) is 53.1 Å². The molecule has 108 valence electrons. The quantitative estimate of drug-likeness (QED) is 0.942. The Labute approximate surface area is 114 Å². The summed E-state index contributed by atoms with van der Waals surface area (Å²) in [6.45, 7) is 1.95. The van der Waals surface area contributed by atoms with Crippen LogP contribution in [-0.2, 0) is 13.5 Å². The number of ether oxygens (including phenoxy) is 1. The maximum atomic E-state index is 12.1. The highest BCUT2D eigenvalue weighted by atomic mass is 19.4. The molecule has 0 radical (unpaired) electrons. The molecule has 0 atom stereocenters. The molecule has 0 aliphatic rings. The largest absolute Gasteiger partial charge is 0.573 e. The van der Waals surface area contributed by atoms with E-state index in [1.807, 2.05) is 6.92 Å². The second kappa shape index (κ2) is 5.07. The van der Waals surface area contributed by atoms with Gasteiger partial charge in [0.15, 0.2) is 0 Å². The zero-order chi connectivity index (χ0) is 14.9. The number of alkyl halides is 3. The zero-order valence-electron chi connectivity index (χ0n) is 11.0. The van der Waals surface area contributed by atoms with Gasteiger partial charge in [-0.15, -0.1) is 13.2 Å². The molecule has 20 heavy (non-hydrogen) atoms. The summed E-state index contributed by atoms with van der Waals surface area (Å²) in [6, 6.07) is 5.48. The summed E-state index contributed by atoms with van der Waals surface area (Å²) >= 11 is 0. The van der Waals surface area contributed by atoms with Crippen molar-refractivity contribution in [3.05, 3.63) is 30.1 Å². The lowest BCUT2D eigenvalue weighted by molar-refractivity contribution is -0.274. The number of anilines is 1. The number of nitrogens with zero attached hydrogens (tertiary/aromatic N) is 2. The maximum Gasteiger partial charge on any atom is 0.573 e. The fourth-order valence-electron chi connectivity index (χ4n) is 1.90. The maximum absolute atomic E-state index is 12.1. The van der Waals surface area contributed by atoms with E-state index in [-0.39, 0.29) is 5.75 Å². The molecular formula is C13H14F3N3O. The molecule has 0 aliphatic carbocycles. The predicted molar refractivity (Wildman–Crippen MR) is 69.1 cm³/mol. The minimum Gasteiger partial charge on any atom is -0.406 e. The van der Waals surface area contributed by atoms with Gasteiger partial charge in [0.25, 0.3) is 0 Å². The van der Waals surface area contributed by atoms with Crippen LogP contribution in [0.5, 0.6) is 5.75 Å². The Morgan fingerprint density at radius 2 is 1.85 bits per heavy atom. The molecule has 2 N–H and O–H groups in total. The molecule has 0 saturated heterocycles. The summed E-state index contributed by atoms with van der Waals surface area (Å²) in [4.78, 5) is 4.38. The highest BCUT2D eigenvalue weighted by Gasteiger charge is 2.31. The highest BCUT2D eigenvalue weighted by Crippen LogP contribution is 2.29. The van der Waals surface area contributed by atoms with Crippen molar-refractivity contribution in [3.8, 4) is 17.0 Å². The molecule has 2 aromatic rings. The minimum absolute atomic E-state index is 0.272. The Morgan fingerprint density at radius 3 is 2.30 bits per heavy atom. The molecule has 2 rings (SSSR count). The van der Waals surface area contributed by atoms with E-state index in [4.69, 9.17) is 5.73 Å². The van der Waals surface area contributed by atoms with Crippen molar-refractivity contribution in [1.82, 2.24) is 9.55 Å². The molecule has 0 bridgehead atoms. The molecule has 4 nitrogen and oxygen atoms in total. The third-order valence-electron chi connectivity index (χ3n) is 2.91. The number of hydrogen-bond donors (Lipinski definition) is 1. The van der Waals surface area contributed by atoms with Gasteiger partial charge in [-0.05, 0) is 24.3 Å². The Balaban J connectivity index is 2.31. The molecular weight excluding hydrogens is 271 g/mol. The van der Waals surface area contributed by atoms with Crippen molar-refractivity contribution in [2.24, 2.45) is 7.05 Å². The molecule has 7 heteroatoms. The van der Waals surface area contributed by atoms with Gasteiger partial charge in [0, 0.05) is 19.0 Å². The summed E-state index contributed by atoms with van der Waals surface area (Å²) in [6.07, 6.45) is -3.98.